The average Bonchev–Trinajstić information content (AvgIpc) is 2.64. The fourth-order valence-electron chi connectivity index (χ4n) is 2.71. The minimum atomic E-state index is 0.751. The SMILES string of the molecule is CCCCCCOc1ccc(CNCc2ccc(C)cc2)cc1OC. The molecule has 0 atom stereocenters. The highest BCUT2D eigenvalue weighted by Gasteiger charge is 2.06. The molecule has 136 valence electrons. The van der Waals surface area contributed by atoms with Crippen molar-refractivity contribution >= 4 is 0 Å². The third kappa shape index (κ3) is 6.79. The number of benzene rings is 2. The van der Waals surface area contributed by atoms with Gasteiger partial charge in [0.25, 0.3) is 0 Å². The Labute approximate surface area is 152 Å². The van der Waals surface area contributed by atoms with E-state index in [2.05, 4.69) is 55.6 Å². The monoisotopic (exact) mass is 341 g/mol. The van der Waals surface area contributed by atoms with Crippen LogP contribution in [0.25, 0.3) is 0 Å². The van der Waals surface area contributed by atoms with Gasteiger partial charge in [0.2, 0.25) is 0 Å². The van der Waals surface area contributed by atoms with Gasteiger partial charge in [0.05, 0.1) is 13.7 Å². The Kier molecular flexibility index (Phi) is 8.33. The molecule has 0 aliphatic heterocycles. The van der Waals surface area contributed by atoms with Crippen LogP contribution in [0.3, 0.4) is 0 Å². The third-order valence-electron chi connectivity index (χ3n) is 4.26. The first-order valence-corrected chi connectivity index (χ1v) is 9.29. The number of methoxy groups -OCH3 is 1. The first-order valence-electron chi connectivity index (χ1n) is 9.29. The number of hydrogen-bond donors (Lipinski definition) is 1. The Balaban J connectivity index is 1.82. The van der Waals surface area contributed by atoms with E-state index in [1.807, 2.05) is 6.07 Å². The maximum atomic E-state index is 5.87. The number of aryl methyl sites for hydroxylation is 1. The molecule has 1 N–H and O–H groups in total. The van der Waals surface area contributed by atoms with Gasteiger partial charge in [-0.05, 0) is 36.6 Å². The summed E-state index contributed by atoms with van der Waals surface area (Å²) in [4.78, 5) is 0. The number of unbranched alkanes of at least 4 members (excludes halogenated alkanes) is 3. The summed E-state index contributed by atoms with van der Waals surface area (Å²) < 4.78 is 11.4. The quantitative estimate of drug-likeness (QED) is 0.566. The summed E-state index contributed by atoms with van der Waals surface area (Å²) in [5, 5.41) is 3.48. The molecule has 3 heteroatoms. The minimum Gasteiger partial charge on any atom is -0.493 e. The Morgan fingerprint density at radius 3 is 2.28 bits per heavy atom. The molecule has 2 rings (SSSR count). The molecule has 0 fully saturated rings. The molecule has 0 radical (unpaired) electrons. The van der Waals surface area contributed by atoms with Crippen LogP contribution in [0.4, 0.5) is 0 Å². The van der Waals surface area contributed by atoms with Crippen molar-refractivity contribution in [1.82, 2.24) is 5.32 Å². The maximum absolute atomic E-state index is 5.87. The van der Waals surface area contributed by atoms with E-state index in [0.717, 1.165) is 37.6 Å². The van der Waals surface area contributed by atoms with Crippen molar-refractivity contribution in [3.8, 4) is 11.5 Å². The van der Waals surface area contributed by atoms with Crippen LogP contribution in [0.1, 0.15) is 49.3 Å². The Bertz CT molecular complexity index is 622. The molecule has 0 spiro atoms. The summed E-state index contributed by atoms with van der Waals surface area (Å²) in [6, 6.07) is 14.8. The lowest BCUT2D eigenvalue weighted by Crippen LogP contribution is -2.12. The van der Waals surface area contributed by atoms with E-state index >= 15 is 0 Å². The number of nitrogens with one attached hydrogen (secondary N) is 1. The van der Waals surface area contributed by atoms with Gasteiger partial charge in [0, 0.05) is 13.1 Å². The fourth-order valence-corrected chi connectivity index (χ4v) is 2.71. The van der Waals surface area contributed by atoms with Crippen molar-refractivity contribution in [2.75, 3.05) is 13.7 Å². The van der Waals surface area contributed by atoms with Crippen LogP contribution in [-0.4, -0.2) is 13.7 Å². The Morgan fingerprint density at radius 1 is 0.840 bits per heavy atom. The largest absolute Gasteiger partial charge is 0.493 e. The van der Waals surface area contributed by atoms with Crippen molar-refractivity contribution in [2.24, 2.45) is 0 Å². The summed E-state index contributed by atoms with van der Waals surface area (Å²) in [7, 11) is 1.70. The molecule has 0 bridgehead atoms. The zero-order chi connectivity index (χ0) is 17.9. The molecule has 25 heavy (non-hydrogen) atoms. The van der Waals surface area contributed by atoms with E-state index in [1.54, 1.807) is 7.11 Å². The maximum Gasteiger partial charge on any atom is 0.161 e. The highest BCUT2D eigenvalue weighted by Crippen LogP contribution is 2.28. The van der Waals surface area contributed by atoms with E-state index in [9.17, 15) is 0 Å². The first kappa shape index (κ1) is 19.3. The zero-order valence-corrected chi connectivity index (χ0v) is 15.8. The van der Waals surface area contributed by atoms with Gasteiger partial charge >= 0.3 is 0 Å². The molecule has 0 heterocycles. The van der Waals surface area contributed by atoms with Gasteiger partial charge in [-0.1, -0.05) is 62.1 Å². The molecule has 2 aromatic carbocycles. The van der Waals surface area contributed by atoms with Crippen molar-refractivity contribution < 1.29 is 9.47 Å². The van der Waals surface area contributed by atoms with Crippen LogP contribution in [-0.2, 0) is 13.1 Å². The zero-order valence-electron chi connectivity index (χ0n) is 15.8. The lowest BCUT2D eigenvalue weighted by atomic mass is 10.1. The van der Waals surface area contributed by atoms with Gasteiger partial charge in [0.15, 0.2) is 11.5 Å². The Morgan fingerprint density at radius 2 is 1.56 bits per heavy atom. The normalized spacial score (nSPS) is 10.7. The molecule has 3 nitrogen and oxygen atoms in total. The van der Waals surface area contributed by atoms with Gasteiger partial charge in [-0.2, -0.15) is 0 Å². The second-order valence-electron chi connectivity index (χ2n) is 6.48. The molecular weight excluding hydrogens is 310 g/mol. The summed E-state index contributed by atoms with van der Waals surface area (Å²) in [5.41, 5.74) is 3.78. The molecule has 0 aliphatic carbocycles. The predicted octanol–water partition coefficient (Wildman–Crippen LogP) is 5.25. The lowest BCUT2D eigenvalue weighted by molar-refractivity contribution is 0.285. The van der Waals surface area contributed by atoms with Gasteiger partial charge in [-0.15, -0.1) is 0 Å². The minimum absolute atomic E-state index is 0.751. The second-order valence-corrected chi connectivity index (χ2v) is 6.48. The third-order valence-corrected chi connectivity index (χ3v) is 4.26. The van der Waals surface area contributed by atoms with E-state index in [1.165, 1.54) is 36.0 Å². The van der Waals surface area contributed by atoms with Crippen LogP contribution in [0.5, 0.6) is 11.5 Å². The summed E-state index contributed by atoms with van der Waals surface area (Å²) in [6.45, 7) is 6.74. The van der Waals surface area contributed by atoms with Crippen molar-refractivity contribution in [3.05, 3.63) is 59.2 Å². The van der Waals surface area contributed by atoms with Gasteiger partial charge in [0.1, 0.15) is 0 Å². The molecule has 0 saturated carbocycles. The van der Waals surface area contributed by atoms with Crippen LogP contribution < -0.4 is 14.8 Å². The Hall–Kier alpha value is -2.00. The van der Waals surface area contributed by atoms with Crippen molar-refractivity contribution in [1.29, 1.82) is 0 Å². The second kappa shape index (κ2) is 10.8. The molecule has 0 unspecified atom stereocenters. The smallest absolute Gasteiger partial charge is 0.161 e. The summed E-state index contributed by atoms with van der Waals surface area (Å²) in [5.74, 6) is 1.64. The van der Waals surface area contributed by atoms with Crippen LogP contribution in [0.2, 0.25) is 0 Å². The van der Waals surface area contributed by atoms with E-state index < -0.39 is 0 Å². The van der Waals surface area contributed by atoms with Gasteiger partial charge < -0.3 is 14.8 Å². The van der Waals surface area contributed by atoms with Crippen LogP contribution >= 0.6 is 0 Å². The fraction of sp³-hybridized carbons (Fsp3) is 0.455. The molecule has 0 saturated heterocycles. The highest BCUT2D eigenvalue weighted by molar-refractivity contribution is 5.43. The number of hydrogen-bond acceptors (Lipinski definition) is 3. The number of ether oxygens (including phenoxy) is 2. The van der Waals surface area contributed by atoms with Crippen molar-refractivity contribution in [3.63, 3.8) is 0 Å². The summed E-state index contributed by atoms with van der Waals surface area (Å²) >= 11 is 0. The average molecular weight is 341 g/mol. The summed E-state index contributed by atoms with van der Waals surface area (Å²) in [6.07, 6.45) is 4.83. The van der Waals surface area contributed by atoms with E-state index in [4.69, 9.17) is 9.47 Å². The van der Waals surface area contributed by atoms with E-state index in [0.29, 0.717) is 0 Å². The molecular formula is C22H31NO2. The van der Waals surface area contributed by atoms with Crippen LogP contribution in [0.15, 0.2) is 42.5 Å². The lowest BCUT2D eigenvalue weighted by Gasteiger charge is -2.13. The highest BCUT2D eigenvalue weighted by atomic mass is 16.5. The molecule has 0 aliphatic rings. The van der Waals surface area contributed by atoms with Crippen LogP contribution in [0, 0.1) is 6.92 Å². The van der Waals surface area contributed by atoms with Crippen molar-refractivity contribution in [2.45, 2.75) is 52.6 Å². The molecule has 2 aromatic rings. The molecule has 0 amide bonds. The van der Waals surface area contributed by atoms with E-state index in [-0.39, 0.29) is 0 Å². The molecule has 0 aromatic heterocycles. The number of rotatable bonds is 11. The predicted molar refractivity (Wildman–Crippen MR) is 104 cm³/mol. The van der Waals surface area contributed by atoms with Gasteiger partial charge in [-0.25, -0.2) is 0 Å². The topological polar surface area (TPSA) is 30.5 Å². The van der Waals surface area contributed by atoms with Gasteiger partial charge in [-0.3, -0.25) is 0 Å². The first-order chi connectivity index (χ1) is 12.2. The standard InChI is InChI=1S/C22H31NO2/c1-4-5-6-7-14-25-21-13-12-20(15-22(21)24-3)17-23-16-19-10-8-18(2)9-11-19/h8-13,15,23H,4-7,14,16-17H2,1-3H3.